The summed E-state index contributed by atoms with van der Waals surface area (Å²) >= 11 is 0. The van der Waals surface area contributed by atoms with Gasteiger partial charge in [-0.15, -0.1) is 0 Å². The van der Waals surface area contributed by atoms with Crippen LogP contribution < -0.4 is 19.7 Å². The van der Waals surface area contributed by atoms with Gasteiger partial charge < -0.3 is 24.4 Å². The van der Waals surface area contributed by atoms with Crippen molar-refractivity contribution < 1.29 is 14.2 Å². The molecule has 0 amide bonds. The maximum atomic E-state index is 5.49. The van der Waals surface area contributed by atoms with Gasteiger partial charge in [-0.2, -0.15) is 5.10 Å². The predicted octanol–water partition coefficient (Wildman–Crippen LogP) is 3.66. The molecule has 0 aliphatic carbocycles. The van der Waals surface area contributed by atoms with Gasteiger partial charge in [0.15, 0.2) is 0 Å². The molecule has 1 fully saturated rings. The fraction of sp³-hybridized carbons (Fsp3) is 0.375. The van der Waals surface area contributed by atoms with Crippen LogP contribution in [0, 0.1) is 0 Å². The van der Waals surface area contributed by atoms with E-state index in [9.17, 15) is 0 Å². The SMILES string of the molecule is COc1cc(CCc2cc(NCc3ccccc3N3CCOCC3)n[nH]2)cc(OC)c1. The highest BCUT2D eigenvalue weighted by atomic mass is 16.5. The van der Waals surface area contributed by atoms with E-state index in [1.54, 1.807) is 14.2 Å². The fourth-order valence-electron chi connectivity index (χ4n) is 3.83. The zero-order valence-corrected chi connectivity index (χ0v) is 18.2. The molecule has 1 aliphatic rings. The highest BCUT2D eigenvalue weighted by Gasteiger charge is 2.14. The number of aromatic amines is 1. The molecule has 0 saturated carbocycles. The molecule has 1 aromatic heterocycles. The zero-order chi connectivity index (χ0) is 21.5. The predicted molar refractivity (Wildman–Crippen MR) is 122 cm³/mol. The lowest BCUT2D eigenvalue weighted by atomic mass is 10.1. The second-order valence-electron chi connectivity index (χ2n) is 7.58. The molecule has 31 heavy (non-hydrogen) atoms. The Bertz CT molecular complexity index is 960. The molecule has 0 radical (unpaired) electrons. The first-order chi connectivity index (χ1) is 15.2. The maximum Gasteiger partial charge on any atom is 0.148 e. The minimum Gasteiger partial charge on any atom is -0.497 e. The highest BCUT2D eigenvalue weighted by molar-refractivity contribution is 5.55. The molecule has 2 heterocycles. The number of para-hydroxylation sites is 1. The number of ether oxygens (including phenoxy) is 3. The van der Waals surface area contributed by atoms with Crippen LogP contribution >= 0.6 is 0 Å². The third-order valence-corrected chi connectivity index (χ3v) is 5.53. The lowest BCUT2D eigenvalue weighted by Crippen LogP contribution is -2.36. The molecule has 3 aromatic rings. The first kappa shape index (κ1) is 21.1. The molecule has 1 aliphatic heterocycles. The van der Waals surface area contributed by atoms with Crippen molar-refractivity contribution in [3.63, 3.8) is 0 Å². The minimum absolute atomic E-state index is 0.727. The first-order valence-corrected chi connectivity index (χ1v) is 10.7. The number of aromatic nitrogens is 2. The summed E-state index contributed by atoms with van der Waals surface area (Å²) in [5, 5.41) is 11.0. The maximum absolute atomic E-state index is 5.49. The van der Waals surface area contributed by atoms with Crippen molar-refractivity contribution in [1.29, 1.82) is 0 Å². The summed E-state index contributed by atoms with van der Waals surface area (Å²) < 4.78 is 16.2. The number of nitrogens with zero attached hydrogens (tertiary/aromatic N) is 2. The minimum atomic E-state index is 0.727. The standard InChI is InChI=1S/C24H30N4O3/c1-29-21-13-18(14-22(16-21)30-2)7-8-20-15-24(27-26-20)25-17-19-5-3-4-6-23(19)28-9-11-31-12-10-28/h3-6,13-16H,7-12,17H2,1-2H3,(H2,25,26,27). The third kappa shape index (κ3) is 5.49. The van der Waals surface area contributed by atoms with Crippen LogP contribution in [-0.2, 0) is 24.1 Å². The van der Waals surface area contributed by atoms with Gasteiger partial charge in [0.1, 0.15) is 17.3 Å². The number of nitrogens with one attached hydrogen (secondary N) is 2. The zero-order valence-electron chi connectivity index (χ0n) is 18.2. The molecule has 164 valence electrons. The number of benzene rings is 2. The van der Waals surface area contributed by atoms with Gasteiger partial charge in [0.05, 0.1) is 27.4 Å². The van der Waals surface area contributed by atoms with Crippen molar-refractivity contribution in [2.75, 3.05) is 50.7 Å². The van der Waals surface area contributed by atoms with Gasteiger partial charge in [0.2, 0.25) is 0 Å². The quantitative estimate of drug-likeness (QED) is 0.548. The molecule has 0 bridgehead atoms. The second kappa shape index (κ2) is 10.2. The van der Waals surface area contributed by atoms with Crippen molar-refractivity contribution in [3.05, 3.63) is 65.4 Å². The van der Waals surface area contributed by atoms with Crippen molar-refractivity contribution in [2.24, 2.45) is 0 Å². The molecular formula is C24H30N4O3. The van der Waals surface area contributed by atoms with Crippen LogP contribution in [0.15, 0.2) is 48.5 Å². The van der Waals surface area contributed by atoms with Gasteiger partial charge in [0, 0.05) is 43.1 Å². The van der Waals surface area contributed by atoms with Gasteiger partial charge in [-0.25, -0.2) is 0 Å². The molecule has 0 spiro atoms. The van der Waals surface area contributed by atoms with Gasteiger partial charge in [-0.3, -0.25) is 5.10 Å². The summed E-state index contributed by atoms with van der Waals surface area (Å²) in [6.07, 6.45) is 1.73. The van der Waals surface area contributed by atoms with Crippen LogP contribution in [0.3, 0.4) is 0 Å². The Morgan fingerprint density at radius 1 is 1.00 bits per heavy atom. The van der Waals surface area contributed by atoms with Gasteiger partial charge in [-0.1, -0.05) is 18.2 Å². The molecule has 2 aromatic carbocycles. The van der Waals surface area contributed by atoms with E-state index >= 15 is 0 Å². The molecular weight excluding hydrogens is 392 g/mol. The number of aryl methyl sites for hydroxylation is 2. The largest absolute Gasteiger partial charge is 0.497 e. The number of hydrogen-bond acceptors (Lipinski definition) is 6. The summed E-state index contributed by atoms with van der Waals surface area (Å²) in [6.45, 7) is 4.15. The van der Waals surface area contributed by atoms with Crippen LogP contribution in [-0.4, -0.2) is 50.7 Å². The molecule has 7 nitrogen and oxygen atoms in total. The van der Waals surface area contributed by atoms with Crippen molar-refractivity contribution in [3.8, 4) is 11.5 Å². The topological polar surface area (TPSA) is 71.6 Å². The Hall–Kier alpha value is -3.19. The fourth-order valence-corrected chi connectivity index (χ4v) is 3.83. The van der Waals surface area contributed by atoms with Gasteiger partial charge in [0.25, 0.3) is 0 Å². The number of rotatable bonds is 9. The van der Waals surface area contributed by atoms with E-state index < -0.39 is 0 Å². The van der Waals surface area contributed by atoms with Gasteiger partial charge >= 0.3 is 0 Å². The number of anilines is 2. The Morgan fingerprint density at radius 2 is 1.74 bits per heavy atom. The van der Waals surface area contributed by atoms with Gasteiger partial charge in [-0.05, 0) is 42.2 Å². The average Bonchev–Trinajstić information content (AvgIpc) is 3.29. The lowest BCUT2D eigenvalue weighted by molar-refractivity contribution is 0.122. The number of morpholine rings is 1. The van der Waals surface area contributed by atoms with Crippen LogP contribution in [0.2, 0.25) is 0 Å². The van der Waals surface area contributed by atoms with E-state index in [0.29, 0.717) is 0 Å². The summed E-state index contributed by atoms with van der Waals surface area (Å²) in [7, 11) is 3.34. The summed E-state index contributed by atoms with van der Waals surface area (Å²) in [5.41, 5.74) is 4.78. The lowest BCUT2D eigenvalue weighted by Gasteiger charge is -2.30. The summed E-state index contributed by atoms with van der Waals surface area (Å²) in [6, 6.07) is 16.6. The molecule has 7 heteroatoms. The van der Waals surface area contributed by atoms with Crippen LogP contribution in [0.5, 0.6) is 11.5 Å². The number of methoxy groups -OCH3 is 2. The Balaban J connectivity index is 1.35. The van der Waals surface area contributed by atoms with Crippen LogP contribution in [0.4, 0.5) is 11.5 Å². The molecule has 0 unspecified atom stereocenters. The summed E-state index contributed by atoms with van der Waals surface area (Å²) in [4.78, 5) is 2.39. The number of hydrogen-bond donors (Lipinski definition) is 2. The Labute approximate surface area is 183 Å². The van der Waals surface area contributed by atoms with E-state index in [0.717, 1.165) is 68.7 Å². The van der Waals surface area contributed by atoms with E-state index in [2.05, 4.69) is 50.7 Å². The highest BCUT2D eigenvalue weighted by Crippen LogP contribution is 2.24. The van der Waals surface area contributed by atoms with Crippen LogP contribution in [0.25, 0.3) is 0 Å². The normalized spacial score (nSPS) is 13.8. The van der Waals surface area contributed by atoms with E-state index in [-0.39, 0.29) is 0 Å². The molecule has 0 atom stereocenters. The molecule has 1 saturated heterocycles. The van der Waals surface area contributed by atoms with Crippen LogP contribution in [0.1, 0.15) is 16.8 Å². The second-order valence-corrected chi connectivity index (χ2v) is 7.58. The monoisotopic (exact) mass is 422 g/mol. The molecule has 2 N–H and O–H groups in total. The van der Waals surface area contributed by atoms with Crippen molar-refractivity contribution in [2.45, 2.75) is 19.4 Å². The Kier molecular flexibility index (Phi) is 6.94. The van der Waals surface area contributed by atoms with Crippen molar-refractivity contribution in [1.82, 2.24) is 10.2 Å². The van der Waals surface area contributed by atoms with Crippen molar-refractivity contribution >= 4 is 11.5 Å². The van der Waals surface area contributed by atoms with E-state index in [4.69, 9.17) is 14.2 Å². The molecule has 4 rings (SSSR count). The van der Waals surface area contributed by atoms with E-state index in [1.165, 1.54) is 16.8 Å². The van der Waals surface area contributed by atoms with E-state index in [1.807, 2.05) is 18.2 Å². The average molecular weight is 423 g/mol. The third-order valence-electron chi connectivity index (χ3n) is 5.53. The number of H-pyrrole nitrogens is 1. The smallest absolute Gasteiger partial charge is 0.148 e. The summed E-state index contributed by atoms with van der Waals surface area (Å²) in [5.74, 6) is 2.47. The Morgan fingerprint density at radius 3 is 2.48 bits per heavy atom. The first-order valence-electron chi connectivity index (χ1n) is 10.7.